The Balaban J connectivity index is 1.58. The van der Waals surface area contributed by atoms with E-state index in [0.29, 0.717) is 11.1 Å². The van der Waals surface area contributed by atoms with Crippen LogP contribution in [0, 0.1) is 5.92 Å². The molecular weight excluding hydrogens is 306 g/mol. The molecule has 0 aliphatic carbocycles. The van der Waals surface area contributed by atoms with Gasteiger partial charge in [0.25, 0.3) is 5.19 Å². The molecule has 1 aliphatic rings. The summed E-state index contributed by atoms with van der Waals surface area (Å²) < 4.78 is 12.0. The quantitative estimate of drug-likeness (QED) is 0.660. The van der Waals surface area contributed by atoms with E-state index in [1.807, 2.05) is 23.6 Å². The maximum Gasteiger partial charge on any atom is 0.278 e. The minimum Gasteiger partial charge on any atom is -0.485 e. The van der Waals surface area contributed by atoms with Crippen LogP contribution in [-0.2, 0) is 6.42 Å². The summed E-state index contributed by atoms with van der Waals surface area (Å²) in [6, 6.07) is 16.4. The van der Waals surface area contributed by atoms with Crippen LogP contribution in [0.4, 0.5) is 0 Å². The van der Waals surface area contributed by atoms with Gasteiger partial charge in [0.2, 0.25) is 0 Å². The Kier molecular flexibility index (Phi) is 3.75. The second kappa shape index (κ2) is 6.05. The zero-order valence-corrected chi connectivity index (χ0v) is 13.6. The lowest BCUT2D eigenvalue weighted by Gasteiger charge is -2.32. The first-order valence-corrected chi connectivity index (χ1v) is 8.59. The molecule has 3 aromatic rings. The van der Waals surface area contributed by atoms with Crippen molar-refractivity contribution in [1.29, 1.82) is 0 Å². The molecule has 0 radical (unpaired) electrons. The minimum absolute atomic E-state index is 0.106. The van der Waals surface area contributed by atoms with E-state index in [2.05, 4.69) is 42.2 Å². The molecule has 3 nitrogen and oxygen atoms in total. The Morgan fingerprint density at radius 2 is 2.04 bits per heavy atom. The van der Waals surface area contributed by atoms with Crippen LogP contribution in [-0.4, -0.2) is 4.98 Å². The van der Waals surface area contributed by atoms with Gasteiger partial charge < -0.3 is 9.47 Å². The Bertz CT molecular complexity index is 786. The molecule has 2 aromatic carbocycles. The van der Waals surface area contributed by atoms with Crippen LogP contribution in [0.2, 0.25) is 0 Å². The van der Waals surface area contributed by atoms with E-state index in [-0.39, 0.29) is 6.10 Å². The number of thiazole rings is 1. The van der Waals surface area contributed by atoms with Gasteiger partial charge in [0, 0.05) is 17.5 Å². The lowest BCUT2D eigenvalue weighted by atomic mass is 9.88. The van der Waals surface area contributed by atoms with Crippen molar-refractivity contribution in [2.75, 3.05) is 0 Å². The van der Waals surface area contributed by atoms with E-state index in [0.717, 1.165) is 17.9 Å². The second-order valence-electron chi connectivity index (χ2n) is 5.80. The SMILES string of the molecule is CC1Cc2cc(Oc3nccs3)ccc2OC1c1ccccc1. The Labute approximate surface area is 139 Å². The summed E-state index contributed by atoms with van der Waals surface area (Å²) in [6.07, 6.45) is 2.83. The molecule has 2 heterocycles. The summed E-state index contributed by atoms with van der Waals surface area (Å²) in [7, 11) is 0. The number of nitrogens with zero attached hydrogens (tertiary/aromatic N) is 1. The highest BCUT2D eigenvalue weighted by atomic mass is 32.1. The van der Waals surface area contributed by atoms with Crippen LogP contribution < -0.4 is 9.47 Å². The molecule has 4 rings (SSSR count). The van der Waals surface area contributed by atoms with Crippen molar-refractivity contribution in [3.05, 3.63) is 71.2 Å². The highest BCUT2D eigenvalue weighted by molar-refractivity contribution is 7.11. The predicted octanol–water partition coefficient (Wildman–Crippen LogP) is 5.25. The van der Waals surface area contributed by atoms with Crippen LogP contribution in [0.3, 0.4) is 0 Å². The average Bonchev–Trinajstić information content (AvgIpc) is 3.08. The molecule has 2 unspecified atom stereocenters. The van der Waals surface area contributed by atoms with Crippen molar-refractivity contribution in [1.82, 2.24) is 4.98 Å². The predicted molar refractivity (Wildman–Crippen MR) is 91.3 cm³/mol. The third kappa shape index (κ3) is 2.94. The molecule has 2 atom stereocenters. The van der Waals surface area contributed by atoms with E-state index in [1.54, 1.807) is 6.20 Å². The van der Waals surface area contributed by atoms with Gasteiger partial charge in [0.05, 0.1) is 0 Å². The molecule has 0 spiro atoms. The monoisotopic (exact) mass is 323 g/mol. The largest absolute Gasteiger partial charge is 0.485 e. The molecule has 1 aliphatic heterocycles. The maximum absolute atomic E-state index is 6.25. The zero-order valence-electron chi connectivity index (χ0n) is 12.8. The van der Waals surface area contributed by atoms with Gasteiger partial charge in [-0.25, -0.2) is 4.98 Å². The molecule has 0 fully saturated rings. The number of hydrogen-bond acceptors (Lipinski definition) is 4. The molecule has 0 amide bonds. The van der Waals surface area contributed by atoms with Gasteiger partial charge in [0.1, 0.15) is 17.6 Å². The van der Waals surface area contributed by atoms with Crippen LogP contribution in [0.1, 0.15) is 24.2 Å². The van der Waals surface area contributed by atoms with Crippen molar-refractivity contribution in [3.8, 4) is 16.7 Å². The fourth-order valence-corrected chi connectivity index (χ4v) is 3.51. The van der Waals surface area contributed by atoms with Gasteiger partial charge in [-0.1, -0.05) is 48.6 Å². The second-order valence-corrected chi connectivity index (χ2v) is 6.66. The van der Waals surface area contributed by atoms with Crippen molar-refractivity contribution < 1.29 is 9.47 Å². The third-order valence-corrected chi connectivity index (χ3v) is 4.74. The third-order valence-electron chi connectivity index (χ3n) is 4.09. The average molecular weight is 323 g/mol. The fraction of sp³-hybridized carbons (Fsp3) is 0.211. The molecule has 0 bridgehead atoms. The molecule has 0 N–H and O–H groups in total. The van der Waals surface area contributed by atoms with E-state index in [1.165, 1.54) is 22.5 Å². The lowest BCUT2D eigenvalue weighted by molar-refractivity contribution is 0.123. The smallest absolute Gasteiger partial charge is 0.278 e. The zero-order chi connectivity index (χ0) is 15.6. The van der Waals surface area contributed by atoms with Gasteiger partial charge in [-0.15, -0.1) is 0 Å². The van der Waals surface area contributed by atoms with Gasteiger partial charge in [-0.05, 0) is 35.7 Å². The molecule has 4 heteroatoms. The van der Waals surface area contributed by atoms with E-state index in [9.17, 15) is 0 Å². The molecule has 23 heavy (non-hydrogen) atoms. The number of aromatic nitrogens is 1. The Morgan fingerprint density at radius 3 is 2.83 bits per heavy atom. The summed E-state index contributed by atoms with van der Waals surface area (Å²) in [5, 5.41) is 2.57. The van der Waals surface area contributed by atoms with Crippen LogP contribution in [0.25, 0.3) is 0 Å². The summed E-state index contributed by atoms with van der Waals surface area (Å²) in [6.45, 7) is 2.23. The number of hydrogen-bond donors (Lipinski definition) is 0. The first kappa shape index (κ1) is 14.3. The van der Waals surface area contributed by atoms with E-state index in [4.69, 9.17) is 9.47 Å². The van der Waals surface area contributed by atoms with Crippen molar-refractivity contribution in [2.45, 2.75) is 19.4 Å². The van der Waals surface area contributed by atoms with Crippen molar-refractivity contribution in [2.24, 2.45) is 5.92 Å². The topological polar surface area (TPSA) is 31.4 Å². The highest BCUT2D eigenvalue weighted by Crippen LogP contribution is 2.40. The van der Waals surface area contributed by atoms with Crippen molar-refractivity contribution in [3.63, 3.8) is 0 Å². The van der Waals surface area contributed by atoms with Crippen molar-refractivity contribution >= 4 is 11.3 Å². The Morgan fingerprint density at radius 1 is 1.17 bits per heavy atom. The number of benzene rings is 2. The number of fused-ring (bicyclic) bond motifs is 1. The summed E-state index contributed by atoms with van der Waals surface area (Å²) in [4.78, 5) is 4.16. The van der Waals surface area contributed by atoms with Gasteiger partial charge in [-0.2, -0.15) is 0 Å². The molecule has 116 valence electrons. The summed E-state index contributed by atoms with van der Waals surface area (Å²) in [5.74, 6) is 2.18. The summed E-state index contributed by atoms with van der Waals surface area (Å²) in [5.41, 5.74) is 2.42. The van der Waals surface area contributed by atoms with Gasteiger partial charge >= 0.3 is 0 Å². The van der Waals surface area contributed by atoms with E-state index >= 15 is 0 Å². The van der Waals surface area contributed by atoms with E-state index < -0.39 is 0 Å². The molecule has 0 saturated carbocycles. The lowest BCUT2D eigenvalue weighted by Crippen LogP contribution is -2.23. The van der Waals surface area contributed by atoms with Crippen LogP contribution in [0.15, 0.2) is 60.1 Å². The molecule has 1 aromatic heterocycles. The maximum atomic E-state index is 6.25. The standard InChI is InChI=1S/C19H17NO2S/c1-13-11-15-12-16(21-19-20-9-10-23-19)7-8-17(15)22-18(13)14-5-3-2-4-6-14/h2-10,12-13,18H,11H2,1H3. The fourth-order valence-electron chi connectivity index (χ4n) is 3.00. The normalized spacial score (nSPS) is 19.7. The summed E-state index contributed by atoms with van der Waals surface area (Å²) >= 11 is 1.49. The Hall–Kier alpha value is -2.33. The molecular formula is C19H17NO2S. The molecule has 0 saturated heterocycles. The highest BCUT2D eigenvalue weighted by Gasteiger charge is 2.28. The van der Waals surface area contributed by atoms with Gasteiger partial charge in [0.15, 0.2) is 0 Å². The minimum atomic E-state index is 0.106. The first-order chi connectivity index (χ1) is 11.3. The number of ether oxygens (including phenoxy) is 2. The van der Waals surface area contributed by atoms with Crippen LogP contribution >= 0.6 is 11.3 Å². The number of rotatable bonds is 3. The van der Waals surface area contributed by atoms with Crippen LogP contribution in [0.5, 0.6) is 16.7 Å². The first-order valence-electron chi connectivity index (χ1n) is 7.71. The van der Waals surface area contributed by atoms with Gasteiger partial charge in [-0.3, -0.25) is 0 Å².